The van der Waals surface area contributed by atoms with Gasteiger partial charge in [-0.2, -0.15) is 0 Å². The van der Waals surface area contributed by atoms with Crippen LogP contribution in [0.3, 0.4) is 0 Å². The van der Waals surface area contributed by atoms with Crippen LogP contribution in [0.1, 0.15) is 26.4 Å². The molecule has 2 amide bonds. The molecule has 2 heterocycles. The van der Waals surface area contributed by atoms with Gasteiger partial charge in [-0.1, -0.05) is 18.2 Å². The van der Waals surface area contributed by atoms with E-state index in [0.717, 1.165) is 16.6 Å². The second-order valence-corrected chi connectivity index (χ2v) is 5.27. The number of aryl methyl sites for hydroxylation is 2. The van der Waals surface area contributed by atoms with E-state index in [-0.39, 0.29) is 5.91 Å². The summed E-state index contributed by atoms with van der Waals surface area (Å²) in [6, 6.07) is 11.0. The monoisotopic (exact) mass is 308 g/mol. The molecule has 3 aromatic rings. The number of pyridine rings is 1. The molecule has 0 spiro atoms. The van der Waals surface area contributed by atoms with E-state index >= 15 is 0 Å². The lowest BCUT2D eigenvalue weighted by Gasteiger charge is -2.06. The Morgan fingerprint density at radius 1 is 1.04 bits per heavy atom. The molecule has 0 fully saturated rings. The minimum atomic E-state index is -0.411. The maximum atomic E-state index is 12.3. The van der Waals surface area contributed by atoms with Gasteiger partial charge in [0, 0.05) is 36.0 Å². The van der Waals surface area contributed by atoms with Crippen molar-refractivity contribution in [3.05, 3.63) is 65.6 Å². The molecule has 116 valence electrons. The van der Waals surface area contributed by atoms with Gasteiger partial charge in [-0.25, -0.2) is 0 Å². The normalized spacial score (nSPS) is 10.5. The molecule has 0 atom stereocenters. The maximum Gasteiger partial charge on any atom is 0.271 e. The fourth-order valence-electron chi connectivity index (χ4n) is 2.38. The average Bonchev–Trinajstić information content (AvgIpc) is 2.90. The van der Waals surface area contributed by atoms with E-state index < -0.39 is 5.91 Å². The summed E-state index contributed by atoms with van der Waals surface area (Å²) in [6.07, 6.45) is 3.20. The van der Waals surface area contributed by atoms with Crippen LogP contribution in [-0.2, 0) is 7.05 Å². The van der Waals surface area contributed by atoms with E-state index in [4.69, 9.17) is 0 Å². The molecule has 2 N–H and O–H groups in total. The van der Waals surface area contributed by atoms with E-state index in [1.54, 1.807) is 18.3 Å². The largest absolute Gasteiger partial charge is 0.350 e. The molecule has 0 unspecified atom stereocenters. The van der Waals surface area contributed by atoms with Gasteiger partial charge in [0.2, 0.25) is 0 Å². The molecule has 0 aliphatic heterocycles. The molecule has 0 saturated carbocycles. The smallest absolute Gasteiger partial charge is 0.271 e. The van der Waals surface area contributed by atoms with Crippen LogP contribution in [0.25, 0.3) is 10.9 Å². The summed E-state index contributed by atoms with van der Waals surface area (Å²) in [6.45, 7) is 1.84. The summed E-state index contributed by atoms with van der Waals surface area (Å²) in [5.41, 5.74) is 7.50. The summed E-state index contributed by atoms with van der Waals surface area (Å²) in [7, 11) is 1.87. The van der Waals surface area contributed by atoms with Crippen LogP contribution in [0.15, 0.2) is 48.8 Å². The Balaban J connectivity index is 1.74. The number of para-hydroxylation sites is 1. The molecule has 0 saturated heterocycles. The number of hydrogen-bond acceptors (Lipinski definition) is 3. The topological polar surface area (TPSA) is 76.0 Å². The number of hydrazine groups is 1. The van der Waals surface area contributed by atoms with Gasteiger partial charge < -0.3 is 4.57 Å². The van der Waals surface area contributed by atoms with Crippen LogP contribution in [0, 0.1) is 6.92 Å². The number of nitrogens with one attached hydrogen (secondary N) is 2. The van der Waals surface area contributed by atoms with Gasteiger partial charge >= 0.3 is 0 Å². The van der Waals surface area contributed by atoms with Gasteiger partial charge in [-0.3, -0.25) is 25.4 Å². The van der Waals surface area contributed by atoms with Crippen LogP contribution in [0.2, 0.25) is 0 Å². The molecule has 2 aromatic heterocycles. The van der Waals surface area contributed by atoms with E-state index in [9.17, 15) is 9.59 Å². The van der Waals surface area contributed by atoms with Gasteiger partial charge in [-0.05, 0) is 25.1 Å². The van der Waals surface area contributed by atoms with Crippen LogP contribution >= 0.6 is 0 Å². The molecule has 23 heavy (non-hydrogen) atoms. The Morgan fingerprint density at radius 2 is 1.78 bits per heavy atom. The van der Waals surface area contributed by atoms with Crippen LogP contribution in [0.4, 0.5) is 0 Å². The van der Waals surface area contributed by atoms with Crippen LogP contribution in [-0.4, -0.2) is 21.4 Å². The highest BCUT2D eigenvalue weighted by Crippen LogP contribution is 2.19. The minimum absolute atomic E-state index is 0.366. The lowest BCUT2D eigenvalue weighted by molar-refractivity contribution is 0.0847. The van der Waals surface area contributed by atoms with Gasteiger partial charge in [0.15, 0.2) is 0 Å². The second kappa shape index (κ2) is 5.92. The van der Waals surface area contributed by atoms with Crippen molar-refractivity contribution in [2.24, 2.45) is 7.05 Å². The van der Waals surface area contributed by atoms with Crippen molar-refractivity contribution in [2.45, 2.75) is 6.92 Å². The highest BCUT2D eigenvalue weighted by Gasteiger charge is 2.14. The van der Waals surface area contributed by atoms with E-state index in [1.165, 1.54) is 6.20 Å². The van der Waals surface area contributed by atoms with Crippen molar-refractivity contribution in [3.8, 4) is 0 Å². The molecule has 6 nitrogen and oxygen atoms in total. The lowest BCUT2D eigenvalue weighted by Crippen LogP contribution is -2.41. The predicted molar refractivity (Wildman–Crippen MR) is 86.8 cm³/mol. The van der Waals surface area contributed by atoms with Gasteiger partial charge in [0.05, 0.1) is 11.1 Å². The summed E-state index contributed by atoms with van der Waals surface area (Å²) in [5.74, 6) is -0.777. The Morgan fingerprint density at radius 3 is 2.52 bits per heavy atom. The van der Waals surface area contributed by atoms with E-state index in [1.807, 2.05) is 42.8 Å². The number of nitrogens with zero attached hydrogens (tertiary/aromatic N) is 2. The summed E-state index contributed by atoms with van der Waals surface area (Å²) >= 11 is 0. The number of benzene rings is 1. The first kappa shape index (κ1) is 14.8. The fourth-order valence-corrected chi connectivity index (χ4v) is 2.38. The molecule has 1 aromatic carbocycles. The lowest BCUT2D eigenvalue weighted by atomic mass is 10.2. The quantitative estimate of drug-likeness (QED) is 0.711. The molecule has 0 bridgehead atoms. The standard InChI is InChI=1S/C17H16N4O2/c1-11-7-8-12(9-18-11)16(22)19-20-17(23)14-10-21(2)15-6-4-3-5-13(14)15/h3-10H,1-2H3,(H,19,22)(H,20,23). The molecule has 0 radical (unpaired) electrons. The Hall–Kier alpha value is -3.15. The number of hydrogen-bond donors (Lipinski definition) is 2. The highest BCUT2D eigenvalue weighted by atomic mass is 16.2. The molecular weight excluding hydrogens is 292 g/mol. The number of carbonyl (C=O) groups is 2. The van der Waals surface area contributed by atoms with Gasteiger partial charge in [0.25, 0.3) is 11.8 Å². The molecule has 6 heteroatoms. The first-order valence-electron chi connectivity index (χ1n) is 7.13. The van der Waals surface area contributed by atoms with Crippen molar-refractivity contribution in [2.75, 3.05) is 0 Å². The zero-order valence-electron chi connectivity index (χ0n) is 12.8. The van der Waals surface area contributed by atoms with Gasteiger partial charge in [0.1, 0.15) is 0 Å². The summed E-state index contributed by atoms with van der Waals surface area (Å²) < 4.78 is 1.87. The number of amides is 2. The van der Waals surface area contributed by atoms with E-state index in [0.29, 0.717) is 11.1 Å². The van der Waals surface area contributed by atoms with Crippen molar-refractivity contribution < 1.29 is 9.59 Å². The molecule has 3 rings (SSSR count). The Bertz CT molecular complexity index is 881. The zero-order chi connectivity index (χ0) is 16.4. The third-order valence-corrected chi connectivity index (χ3v) is 3.60. The van der Waals surface area contributed by atoms with Crippen molar-refractivity contribution in [1.82, 2.24) is 20.4 Å². The van der Waals surface area contributed by atoms with Crippen molar-refractivity contribution in [3.63, 3.8) is 0 Å². The molecule has 0 aliphatic carbocycles. The summed E-state index contributed by atoms with van der Waals surface area (Å²) in [4.78, 5) is 28.3. The van der Waals surface area contributed by atoms with Crippen molar-refractivity contribution in [1.29, 1.82) is 0 Å². The third-order valence-electron chi connectivity index (χ3n) is 3.60. The molecule has 0 aliphatic rings. The van der Waals surface area contributed by atoms with E-state index in [2.05, 4.69) is 15.8 Å². The Labute approximate surface area is 133 Å². The van der Waals surface area contributed by atoms with Crippen LogP contribution in [0.5, 0.6) is 0 Å². The summed E-state index contributed by atoms with van der Waals surface area (Å²) in [5, 5.41) is 0.832. The fraction of sp³-hybridized carbons (Fsp3) is 0.118. The third kappa shape index (κ3) is 2.91. The number of rotatable bonds is 2. The predicted octanol–water partition coefficient (Wildman–Crippen LogP) is 1.96. The Kier molecular flexibility index (Phi) is 3.80. The maximum absolute atomic E-state index is 12.3. The first-order chi connectivity index (χ1) is 11.1. The second-order valence-electron chi connectivity index (χ2n) is 5.27. The van der Waals surface area contributed by atoms with Crippen LogP contribution < -0.4 is 10.9 Å². The number of aromatic nitrogens is 2. The average molecular weight is 308 g/mol. The minimum Gasteiger partial charge on any atom is -0.350 e. The number of fused-ring (bicyclic) bond motifs is 1. The van der Waals surface area contributed by atoms with Crippen molar-refractivity contribution >= 4 is 22.7 Å². The zero-order valence-corrected chi connectivity index (χ0v) is 12.8. The van der Waals surface area contributed by atoms with Gasteiger partial charge in [-0.15, -0.1) is 0 Å². The SMILES string of the molecule is Cc1ccc(C(=O)NNC(=O)c2cn(C)c3ccccc23)cn1. The molecular formula is C17H16N4O2. The first-order valence-corrected chi connectivity index (χ1v) is 7.13. The highest BCUT2D eigenvalue weighted by molar-refractivity contribution is 6.07. The number of carbonyl (C=O) groups excluding carboxylic acids is 2.